The lowest BCUT2D eigenvalue weighted by Gasteiger charge is -2.27. The maximum Gasteiger partial charge on any atom is 0.126 e. The van der Waals surface area contributed by atoms with E-state index >= 15 is 0 Å². The van der Waals surface area contributed by atoms with Crippen LogP contribution in [-0.2, 0) is 11.3 Å². The lowest BCUT2D eigenvalue weighted by Crippen LogP contribution is -2.30. The highest BCUT2D eigenvalue weighted by Gasteiger charge is 2.17. The Morgan fingerprint density at radius 2 is 2.37 bits per heavy atom. The van der Waals surface area contributed by atoms with Crippen LogP contribution >= 0.6 is 11.6 Å². The van der Waals surface area contributed by atoms with Crippen molar-refractivity contribution in [1.82, 2.24) is 9.88 Å². The van der Waals surface area contributed by atoms with Gasteiger partial charge in [-0.15, -0.1) is 0 Å². The molecular formula is C14H22ClN3O. The molecule has 1 saturated heterocycles. The monoisotopic (exact) mass is 283 g/mol. The number of halogens is 1. The molecule has 0 aliphatic carbocycles. The molecule has 0 bridgehead atoms. The van der Waals surface area contributed by atoms with Gasteiger partial charge in [0, 0.05) is 26.7 Å². The van der Waals surface area contributed by atoms with Gasteiger partial charge in [0.1, 0.15) is 5.82 Å². The van der Waals surface area contributed by atoms with Gasteiger partial charge in [0.05, 0.1) is 17.3 Å². The van der Waals surface area contributed by atoms with Gasteiger partial charge in [0.2, 0.25) is 0 Å². The van der Waals surface area contributed by atoms with Gasteiger partial charge in [-0.05, 0) is 37.9 Å². The van der Waals surface area contributed by atoms with Gasteiger partial charge in [0.15, 0.2) is 0 Å². The van der Waals surface area contributed by atoms with Gasteiger partial charge in [-0.2, -0.15) is 0 Å². The van der Waals surface area contributed by atoms with Crippen LogP contribution in [-0.4, -0.2) is 43.7 Å². The van der Waals surface area contributed by atoms with Crippen molar-refractivity contribution in [3.8, 4) is 0 Å². The highest BCUT2D eigenvalue weighted by Crippen LogP contribution is 2.20. The Kier molecular flexibility index (Phi) is 5.43. The SMILES string of the molecule is CNc1ccc(Cl)c(CN(C)CC2CCCOC2)n1. The summed E-state index contributed by atoms with van der Waals surface area (Å²) in [5.41, 5.74) is 0.924. The summed E-state index contributed by atoms with van der Waals surface area (Å²) in [4.78, 5) is 6.78. The van der Waals surface area contributed by atoms with Crippen LogP contribution in [0.3, 0.4) is 0 Å². The summed E-state index contributed by atoms with van der Waals surface area (Å²) in [6, 6.07) is 3.79. The molecule has 1 atom stereocenters. The van der Waals surface area contributed by atoms with Gasteiger partial charge in [-0.1, -0.05) is 11.6 Å². The van der Waals surface area contributed by atoms with E-state index < -0.39 is 0 Å². The topological polar surface area (TPSA) is 37.4 Å². The number of ether oxygens (including phenoxy) is 1. The van der Waals surface area contributed by atoms with Gasteiger partial charge >= 0.3 is 0 Å². The molecule has 1 aliphatic rings. The molecule has 1 N–H and O–H groups in total. The van der Waals surface area contributed by atoms with Gasteiger partial charge in [-0.25, -0.2) is 4.98 Å². The molecule has 19 heavy (non-hydrogen) atoms. The third kappa shape index (κ3) is 4.34. The first-order chi connectivity index (χ1) is 9.19. The zero-order valence-corrected chi connectivity index (χ0v) is 12.4. The summed E-state index contributed by atoms with van der Waals surface area (Å²) in [7, 11) is 3.97. The standard InChI is InChI=1S/C14H22ClN3O/c1-16-14-6-5-12(15)13(17-14)9-18(2)8-11-4-3-7-19-10-11/h5-6,11H,3-4,7-10H2,1-2H3,(H,16,17). The van der Waals surface area contributed by atoms with Crippen molar-refractivity contribution in [3.05, 3.63) is 22.8 Å². The van der Waals surface area contributed by atoms with Crippen LogP contribution in [0.15, 0.2) is 12.1 Å². The number of rotatable bonds is 5. The highest BCUT2D eigenvalue weighted by atomic mass is 35.5. The molecule has 1 aliphatic heterocycles. The van der Waals surface area contributed by atoms with Crippen molar-refractivity contribution < 1.29 is 4.74 Å². The largest absolute Gasteiger partial charge is 0.381 e. The van der Waals surface area contributed by atoms with Crippen LogP contribution in [0, 0.1) is 5.92 Å². The van der Waals surface area contributed by atoms with E-state index in [0.717, 1.165) is 42.8 Å². The van der Waals surface area contributed by atoms with E-state index in [1.807, 2.05) is 19.2 Å². The minimum absolute atomic E-state index is 0.630. The molecule has 5 heteroatoms. The van der Waals surface area contributed by atoms with Crippen molar-refractivity contribution in [2.45, 2.75) is 19.4 Å². The number of nitrogens with zero attached hydrogens (tertiary/aromatic N) is 2. The second kappa shape index (κ2) is 7.08. The Bertz CT molecular complexity index is 408. The minimum Gasteiger partial charge on any atom is -0.381 e. The lowest BCUT2D eigenvalue weighted by molar-refractivity contribution is 0.0410. The summed E-state index contributed by atoms with van der Waals surface area (Å²) >= 11 is 6.20. The van der Waals surface area contributed by atoms with E-state index in [9.17, 15) is 0 Å². The predicted molar refractivity (Wildman–Crippen MR) is 78.7 cm³/mol. The van der Waals surface area contributed by atoms with Crippen molar-refractivity contribution in [1.29, 1.82) is 0 Å². The summed E-state index contributed by atoms with van der Waals surface area (Å²) in [6.07, 6.45) is 2.43. The normalized spacial score (nSPS) is 19.7. The zero-order chi connectivity index (χ0) is 13.7. The van der Waals surface area contributed by atoms with E-state index in [2.05, 4.69) is 22.2 Å². The smallest absolute Gasteiger partial charge is 0.126 e. The van der Waals surface area contributed by atoms with Crippen LogP contribution in [0.4, 0.5) is 5.82 Å². The second-order valence-electron chi connectivity index (χ2n) is 5.15. The van der Waals surface area contributed by atoms with E-state index in [1.165, 1.54) is 12.8 Å². The molecule has 1 fully saturated rings. The number of hydrogen-bond acceptors (Lipinski definition) is 4. The van der Waals surface area contributed by atoms with Crippen LogP contribution in [0.2, 0.25) is 5.02 Å². The average Bonchev–Trinajstić information content (AvgIpc) is 2.42. The van der Waals surface area contributed by atoms with Crippen molar-refractivity contribution in [3.63, 3.8) is 0 Å². The number of aromatic nitrogens is 1. The molecule has 0 aromatic carbocycles. The molecule has 0 spiro atoms. The van der Waals surface area contributed by atoms with Crippen molar-refractivity contribution in [2.24, 2.45) is 5.92 Å². The fraction of sp³-hybridized carbons (Fsp3) is 0.643. The summed E-state index contributed by atoms with van der Waals surface area (Å²) in [6.45, 7) is 3.59. The Hall–Kier alpha value is -0.840. The second-order valence-corrected chi connectivity index (χ2v) is 5.56. The number of anilines is 1. The quantitative estimate of drug-likeness (QED) is 0.901. The number of pyridine rings is 1. The maximum atomic E-state index is 6.20. The van der Waals surface area contributed by atoms with E-state index in [1.54, 1.807) is 0 Å². The molecule has 2 heterocycles. The third-order valence-electron chi connectivity index (χ3n) is 3.42. The van der Waals surface area contributed by atoms with E-state index in [4.69, 9.17) is 16.3 Å². The summed E-state index contributed by atoms with van der Waals surface area (Å²) < 4.78 is 5.52. The zero-order valence-electron chi connectivity index (χ0n) is 11.7. The summed E-state index contributed by atoms with van der Waals surface area (Å²) in [5.74, 6) is 1.49. The molecule has 1 aromatic heterocycles. The Morgan fingerprint density at radius 1 is 1.53 bits per heavy atom. The van der Waals surface area contributed by atoms with Crippen LogP contribution < -0.4 is 5.32 Å². The van der Waals surface area contributed by atoms with Crippen LogP contribution in [0.25, 0.3) is 0 Å². The third-order valence-corrected chi connectivity index (χ3v) is 3.76. The number of hydrogen-bond donors (Lipinski definition) is 1. The fourth-order valence-electron chi connectivity index (χ4n) is 2.45. The first-order valence-electron chi connectivity index (χ1n) is 6.78. The molecule has 106 valence electrons. The number of nitrogens with one attached hydrogen (secondary N) is 1. The predicted octanol–water partition coefficient (Wildman–Crippen LogP) is 2.64. The Balaban J connectivity index is 1.92. The molecule has 2 rings (SSSR count). The first-order valence-corrected chi connectivity index (χ1v) is 7.16. The molecule has 1 unspecified atom stereocenters. The van der Waals surface area contributed by atoms with E-state index in [-0.39, 0.29) is 0 Å². The maximum absolute atomic E-state index is 6.20. The van der Waals surface area contributed by atoms with Gasteiger partial charge in [-0.3, -0.25) is 0 Å². The fourth-order valence-corrected chi connectivity index (χ4v) is 2.61. The molecule has 0 saturated carbocycles. The first kappa shape index (κ1) is 14.6. The molecule has 1 aromatic rings. The van der Waals surface area contributed by atoms with Gasteiger partial charge < -0.3 is 15.0 Å². The highest BCUT2D eigenvalue weighted by molar-refractivity contribution is 6.31. The molecule has 0 amide bonds. The van der Waals surface area contributed by atoms with Crippen LogP contribution in [0.5, 0.6) is 0 Å². The van der Waals surface area contributed by atoms with Crippen molar-refractivity contribution >= 4 is 17.4 Å². The minimum atomic E-state index is 0.630. The van der Waals surface area contributed by atoms with Crippen molar-refractivity contribution in [2.75, 3.05) is 39.2 Å². The molecule has 4 nitrogen and oxygen atoms in total. The molecule has 0 radical (unpaired) electrons. The summed E-state index contributed by atoms with van der Waals surface area (Å²) in [5, 5.41) is 3.77. The van der Waals surface area contributed by atoms with Crippen LogP contribution in [0.1, 0.15) is 18.5 Å². The Morgan fingerprint density at radius 3 is 3.05 bits per heavy atom. The average molecular weight is 284 g/mol. The Labute approximate surface area is 120 Å². The van der Waals surface area contributed by atoms with Gasteiger partial charge in [0.25, 0.3) is 0 Å². The lowest BCUT2D eigenvalue weighted by atomic mass is 10.0. The van der Waals surface area contributed by atoms with E-state index in [0.29, 0.717) is 5.92 Å². The molecular weight excluding hydrogens is 262 g/mol.